The van der Waals surface area contributed by atoms with Crippen molar-refractivity contribution in [1.29, 1.82) is 0 Å². The van der Waals surface area contributed by atoms with E-state index in [1.54, 1.807) is 33.5 Å². The van der Waals surface area contributed by atoms with Crippen LogP contribution in [0.25, 0.3) is 0 Å². The van der Waals surface area contributed by atoms with Gasteiger partial charge in [0.1, 0.15) is 0 Å². The molecule has 0 heterocycles. The highest BCUT2D eigenvalue weighted by atomic mass is 16.5. The van der Waals surface area contributed by atoms with Gasteiger partial charge in [-0.1, -0.05) is 20.3 Å². The number of carbonyl (C=O) groups is 1. The Bertz CT molecular complexity index is 434. The molecule has 0 aliphatic carbocycles. The molecule has 5 nitrogen and oxygen atoms in total. The summed E-state index contributed by atoms with van der Waals surface area (Å²) in [7, 11) is 4.63. The quantitative estimate of drug-likeness (QED) is 0.834. The molecule has 1 rings (SSSR count). The van der Waals surface area contributed by atoms with E-state index in [0.29, 0.717) is 22.9 Å². The molecule has 0 bridgehead atoms. The van der Waals surface area contributed by atoms with Crippen LogP contribution in [0, 0.1) is 5.92 Å². The second-order valence-corrected chi connectivity index (χ2v) is 4.59. The number of benzene rings is 1. The number of anilines is 1. The van der Waals surface area contributed by atoms with Crippen molar-refractivity contribution in [2.75, 3.05) is 26.6 Å². The summed E-state index contributed by atoms with van der Waals surface area (Å²) in [6, 6.07) is 3.44. The maximum atomic E-state index is 12.0. The van der Waals surface area contributed by atoms with Crippen molar-refractivity contribution in [3.63, 3.8) is 0 Å². The fourth-order valence-electron chi connectivity index (χ4n) is 1.98. The predicted molar refractivity (Wildman–Crippen MR) is 78.8 cm³/mol. The van der Waals surface area contributed by atoms with Gasteiger partial charge >= 0.3 is 0 Å². The average molecular weight is 281 g/mol. The van der Waals surface area contributed by atoms with Crippen LogP contribution < -0.4 is 19.5 Å². The molecule has 1 atom stereocenters. The first-order chi connectivity index (χ1) is 9.57. The fourth-order valence-corrected chi connectivity index (χ4v) is 1.98. The van der Waals surface area contributed by atoms with Gasteiger partial charge < -0.3 is 19.5 Å². The van der Waals surface area contributed by atoms with Crippen LogP contribution >= 0.6 is 0 Å². The predicted octanol–water partition coefficient (Wildman–Crippen LogP) is 3.09. The molecule has 1 N–H and O–H groups in total. The first-order valence-corrected chi connectivity index (χ1v) is 6.68. The van der Waals surface area contributed by atoms with E-state index in [-0.39, 0.29) is 11.8 Å². The van der Waals surface area contributed by atoms with E-state index in [4.69, 9.17) is 14.2 Å². The Balaban J connectivity index is 2.99. The number of carbonyl (C=O) groups excluding carboxylic acids is 1. The summed E-state index contributed by atoms with van der Waals surface area (Å²) in [4.78, 5) is 12.0. The topological polar surface area (TPSA) is 56.8 Å². The van der Waals surface area contributed by atoms with Crippen molar-refractivity contribution < 1.29 is 19.0 Å². The van der Waals surface area contributed by atoms with Crippen LogP contribution in [0.4, 0.5) is 5.69 Å². The Hall–Kier alpha value is -1.91. The van der Waals surface area contributed by atoms with E-state index >= 15 is 0 Å². The molecule has 0 aromatic heterocycles. The fraction of sp³-hybridized carbons (Fsp3) is 0.533. The van der Waals surface area contributed by atoms with Crippen LogP contribution in [-0.2, 0) is 4.79 Å². The van der Waals surface area contributed by atoms with Gasteiger partial charge in [0.25, 0.3) is 0 Å². The van der Waals surface area contributed by atoms with Crippen molar-refractivity contribution in [1.82, 2.24) is 0 Å². The highest BCUT2D eigenvalue weighted by Crippen LogP contribution is 2.40. The summed E-state index contributed by atoms with van der Waals surface area (Å²) in [6.45, 7) is 3.97. The van der Waals surface area contributed by atoms with E-state index in [0.717, 1.165) is 12.8 Å². The lowest BCUT2D eigenvalue weighted by Crippen LogP contribution is -2.20. The first-order valence-electron chi connectivity index (χ1n) is 6.68. The maximum absolute atomic E-state index is 12.0. The number of ether oxygens (including phenoxy) is 3. The number of hydrogen-bond acceptors (Lipinski definition) is 4. The molecule has 0 radical (unpaired) electrons. The molecule has 112 valence electrons. The second kappa shape index (κ2) is 7.62. The number of amides is 1. The van der Waals surface area contributed by atoms with Gasteiger partial charge in [0.2, 0.25) is 11.7 Å². The summed E-state index contributed by atoms with van der Waals surface area (Å²) < 4.78 is 15.7. The average Bonchev–Trinajstić information content (AvgIpc) is 2.46. The standard InChI is InChI=1S/C15H23NO4/c1-6-7-10(2)15(17)16-11-8-12(18-3)14(20-5)13(9-11)19-4/h8-10H,6-7H2,1-5H3,(H,16,17)/t10-/m0/s1. The maximum Gasteiger partial charge on any atom is 0.227 e. The minimum Gasteiger partial charge on any atom is -0.493 e. The van der Waals surface area contributed by atoms with Crippen LogP contribution in [0.5, 0.6) is 17.2 Å². The number of rotatable bonds is 7. The lowest BCUT2D eigenvalue weighted by molar-refractivity contribution is -0.119. The SMILES string of the molecule is CCC[C@H](C)C(=O)Nc1cc(OC)c(OC)c(OC)c1. The monoisotopic (exact) mass is 281 g/mol. The third kappa shape index (κ3) is 3.79. The molecule has 1 amide bonds. The Morgan fingerprint density at radius 3 is 2.10 bits per heavy atom. The zero-order valence-corrected chi connectivity index (χ0v) is 12.8. The Morgan fingerprint density at radius 2 is 1.70 bits per heavy atom. The normalized spacial score (nSPS) is 11.7. The van der Waals surface area contributed by atoms with E-state index < -0.39 is 0 Å². The van der Waals surface area contributed by atoms with E-state index in [9.17, 15) is 4.79 Å². The third-order valence-electron chi connectivity index (χ3n) is 3.10. The lowest BCUT2D eigenvalue weighted by atomic mass is 10.1. The van der Waals surface area contributed by atoms with Gasteiger partial charge in [-0.15, -0.1) is 0 Å². The van der Waals surface area contributed by atoms with Crippen LogP contribution in [-0.4, -0.2) is 27.2 Å². The third-order valence-corrected chi connectivity index (χ3v) is 3.10. The minimum absolute atomic E-state index is 0.0128. The van der Waals surface area contributed by atoms with Gasteiger partial charge in [-0.25, -0.2) is 0 Å². The Kier molecular flexibility index (Phi) is 6.15. The zero-order chi connectivity index (χ0) is 15.1. The molecule has 0 saturated carbocycles. The van der Waals surface area contributed by atoms with Gasteiger partial charge in [-0.2, -0.15) is 0 Å². The van der Waals surface area contributed by atoms with Gasteiger partial charge in [0.15, 0.2) is 11.5 Å². The molecule has 0 unspecified atom stereocenters. The van der Waals surface area contributed by atoms with Crippen molar-refractivity contribution in [3.8, 4) is 17.2 Å². The minimum atomic E-state index is -0.0286. The summed E-state index contributed by atoms with van der Waals surface area (Å²) in [5, 5.41) is 2.87. The second-order valence-electron chi connectivity index (χ2n) is 4.59. The van der Waals surface area contributed by atoms with Crippen molar-refractivity contribution in [2.45, 2.75) is 26.7 Å². The number of methoxy groups -OCH3 is 3. The number of hydrogen-bond donors (Lipinski definition) is 1. The summed E-state index contributed by atoms with van der Waals surface area (Å²) in [5.41, 5.74) is 0.632. The van der Waals surface area contributed by atoms with Crippen molar-refractivity contribution >= 4 is 11.6 Å². The smallest absolute Gasteiger partial charge is 0.227 e. The largest absolute Gasteiger partial charge is 0.493 e. The molecular weight excluding hydrogens is 258 g/mol. The first kappa shape index (κ1) is 16.1. The highest BCUT2D eigenvalue weighted by molar-refractivity contribution is 5.93. The lowest BCUT2D eigenvalue weighted by Gasteiger charge is -2.16. The molecule has 5 heteroatoms. The van der Waals surface area contributed by atoms with Crippen molar-refractivity contribution in [2.24, 2.45) is 5.92 Å². The van der Waals surface area contributed by atoms with Gasteiger partial charge in [0.05, 0.1) is 21.3 Å². The molecule has 0 fully saturated rings. The molecule has 20 heavy (non-hydrogen) atoms. The van der Waals surface area contributed by atoms with E-state index in [1.165, 1.54) is 0 Å². The highest BCUT2D eigenvalue weighted by Gasteiger charge is 2.16. The summed E-state index contributed by atoms with van der Waals surface area (Å²) in [5.74, 6) is 1.51. The molecule has 1 aromatic carbocycles. The molecule has 1 aromatic rings. The van der Waals surface area contributed by atoms with Crippen molar-refractivity contribution in [3.05, 3.63) is 12.1 Å². The van der Waals surface area contributed by atoms with Gasteiger partial charge in [-0.05, 0) is 6.42 Å². The van der Waals surface area contributed by atoms with Crippen LogP contribution in [0.3, 0.4) is 0 Å². The van der Waals surface area contributed by atoms with Crippen LogP contribution in [0.15, 0.2) is 12.1 Å². The van der Waals surface area contributed by atoms with Crippen LogP contribution in [0.2, 0.25) is 0 Å². The molecule has 0 aliphatic heterocycles. The number of nitrogens with one attached hydrogen (secondary N) is 1. The van der Waals surface area contributed by atoms with E-state index in [1.807, 2.05) is 6.92 Å². The Labute approximate surface area is 120 Å². The van der Waals surface area contributed by atoms with Gasteiger partial charge in [-0.3, -0.25) is 4.79 Å². The molecule has 0 saturated heterocycles. The van der Waals surface area contributed by atoms with Crippen LogP contribution in [0.1, 0.15) is 26.7 Å². The van der Waals surface area contributed by atoms with E-state index in [2.05, 4.69) is 12.2 Å². The molecule has 0 aliphatic rings. The Morgan fingerprint density at radius 1 is 1.15 bits per heavy atom. The zero-order valence-electron chi connectivity index (χ0n) is 12.8. The molecular formula is C15H23NO4. The van der Waals surface area contributed by atoms with Gasteiger partial charge in [0, 0.05) is 23.7 Å². The summed E-state index contributed by atoms with van der Waals surface area (Å²) in [6.07, 6.45) is 1.83. The molecule has 0 spiro atoms. The summed E-state index contributed by atoms with van der Waals surface area (Å²) >= 11 is 0.